The molecule has 0 heterocycles. The standard InChI is InChI=1S/C15H30.C14H28.C13H26.2C12H24.C11H22/c1-12(13(2,3)4)15(7)10-8-14(5,6)9-11-15;1-11(13(2,3)4)12-7-9-14(5,6)10-8-12;1-11(12(2,3)4)13(5)9-7-6-8-10-13;1-10(11(2,3)4)12(5)8-6-7-9-12;1-10(12(2,3)4)11-8-6-5-7-9-11;1-9(11(2,3)4)10-7-5-6-8-10/h12H,8-11H2,1-7H3;11-12H,7-10H2,1-6H3;11H,6-10H2,1-5H3;10H,6-9H2,1-5H3;10-11H,5-9H2,1-4H3;9-10H,5-8H2,1-4H3/i12D;2*11D;2*10D;9D. The molecule has 6 atom stereocenters. The molecule has 6 fully saturated rings. The molecule has 0 saturated heterocycles. The molecule has 77 heavy (non-hydrogen) atoms. The fourth-order valence-electron chi connectivity index (χ4n) is 14.4. The van der Waals surface area contributed by atoms with Crippen LogP contribution in [0.5, 0.6) is 0 Å². The molecule has 0 N–H and O–H groups in total. The highest BCUT2D eigenvalue weighted by Crippen LogP contribution is 2.54. The molecule has 0 aliphatic heterocycles. The van der Waals surface area contributed by atoms with Gasteiger partial charge < -0.3 is 0 Å². The highest BCUT2D eigenvalue weighted by Gasteiger charge is 2.44. The topological polar surface area (TPSA) is 0 Å². The van der Waals surface area contributed by atoms with Crippen molar-refractivity contribution in [2.45, 2.75) is 382 Å². The van der Waals surface area contributed by atoms with Gasteiger partial charge in [-0.1, -0.05) is 305 Å². The van der Waals surface area contributed by atoms with E-state index in [0.29, 0.717) is 28.6 Å². The molecule has 462 valence electrons. The second-order valence-corrected chi connectivity index (χ2v) is 36.3. The summed E-state index contributed by atoms with van der Waals surface area (Å²) in [6, 6.07) is 0. The molecule has 6 aliphatic rings. The van der Waals surface area contributed by atoms with Crippen molar-refractivity contribution in [1.82, 2.24) is 0 Å². The van der Waals surface area contributed by atoms with Gasteiger partial charge in [0.25, 0.3) is 0 Å². The Bertz CT molecular complexity index is 1840. The van der Waals surface area contributed by atoms with Crippen LogP contribution in [0, 0.1) is 113 Å². The van der Waals surface area contributed by atoms with Crippen LogP contribution < -0.4 is 0 Å². The zero-order valence-corrected chi connectivity index (χ0v) is 59.6. The van der Waals surface area contributed by atoms with Crippen LogP contribution >= 0.6 is 0 Å². The van der Waals surface area contributed by atoms with Gasteiger partial charge in [0, 0.05) is 8.22 Å². The summed E-state index contributed by atoms with van der Waals surface area (Å²) in [7, 11) is 0. The van der Waals surface area contributed by atoms with Crippen molar-refractivity contribution in [1.29, 1.82) is 0 Å². The number of hydrogen-bond donors (Lipinski definition) is 0. The van der Waals surface area contributed by atoms with Crippen molar-refractivity contribution in [3.05, 3.63) is 0 Å². The Hall–Kier alpha value is 0. The molecule has 0 aromatic carbocycles. The molecule has 6 saturated carbocycles. The minimum absolute atomic E-state index is 0.0588. The Morgan fingerprint density at radius 2 is 0.468 bits per heavy atom. The van der Waals surface area contributed by atoms with E-state index in [0.717, 1.165) is 0 Å². The van der Waals surface area contributed by atoms with Crippen LogP contribution in [0.4, 0.5) is 0 Å². The highest BCUT2D eigenvalue weighted by molar-refractivity contribution is 4.94. The van der Waals surface area contributed by atoms with Crippen molar-refractivity contribution in [2.75, 3.05) is 0 Å². The summed E-state index contributed by atoms with van der Waals surface area (Å²) in [5, 5.41) is 0. The van der Waals surface area contributed by atoms with E-state index >= 15 is 0 Å². The lowest BCUT2D eigenvalue weighted by Gasteiger charge is -2.49. The van der Waals surface area contributed by atoms with Gasteiger partial charge in [0.05, 0.1) is 0 Å². The van der Waals surface area contributed by atoms with Crippen molar-refractivity contribution in [3.8, 4) is 0 Å². The molecule has 6 aliphatic carbocycles. The normalized spacial score (nSPS) is 29.2. The lowest BCUT2D eigenvalue weighted by Crippen LogP contribution is -2.39. The molecule has 0 spiro atoms. The number of hydrogen-bond acceptors (Lipinski definition) is 0. The van der Waals surface area contributed by atoms with E-state index in [4.69, 9.17) is 8.22 Å². The quantitative estimate of drug-likeness (QED) is 0.249. The van der Waals surface area contributed by atoms with Crippen LogP contribution in [0.2, 0.25) is 0 Å². The van der Waals surface area contributed by atoms with Gasteiger partial charge in [-0.2, -0.15) is 0 Å². The summed E-state index contributed by atoms with van der Waals surface area (Å²) in [4.78, 5) is 0. The Kier molecular flexibility index (Phi) is 25.3. The predicted octanol–water partition coefficient (Wildman–Crippen LogP) is 27.2. The second kappa shape index (κ2) is 30.2. The first-order valence-corrected chi connectivity index (χ1v) is 33.6. The third kappa shape index (κ3) is 26.2. The molecule has 0 radical (unpaired) electrons. The Labute approximate surface area is 500 Å². The van der Waals surface area contributed by atoms with Gasteiger partial charge in [-0.15, -0.1) is 0 Å². The maximum absolute atomic E-state index is 8.80. The van der Waals surface area contributed by atoms with E-state index in [9.17, 15) is 0 Å². The molecule has 0 aromatic heterocycles. The first kappa shape index (κ1) is 64.6. The van der Waals surface area contributed by atoms with Crippen LogP contribution in [-0.4, -0.2) is 0 Å². The molecule has 6 rings (SSSR count). The summed E-state index contributed by atoms with van der Waals surface area (Å²) in [6.07, 6.45) is 33.5. The summed E-state index contributed by atoms with van der Waals surface area (Å²) in [5.74, 6) is 0.165. The molecule has 0 amide bonds. The average Bonchev–Trinajstić information content (AvgIpc) is 4.04. The molecule has 0 heteroatoms. The lowest BCUT2D eigenvalue weighted by molar-refractivity contribution is 0.0144. The Morgan fingerprint density at radius 3 is 0.727 bits per heavy atom. The smallest absolute Gasteiger partial charge is 0.0311 e. The summed E-state index contributed by atoms with van der Waals surface area (Å²) in [5.41, 5.74) is 2.23. The van der Waals surface area contributed by atoms with Crippen molar-refractivity contribution >= 4 is 0 Å². The molecule has 0 bridgehead atoms. The second-order valence-electron chi connectivity index (χ2n) is 36.3. The van der Waals surface area contributed by atoms with E-state index in [2.05, 4.69) is 215 Å². The van der Waals surface area contributed by atoms with Crippen molar-refractivity contribution in [2.24, 2.45) is 113 Å². The summed E-state index contributed by atoms with van der Waals surface area (Å²) in [6.45, 7) is 68.9. The van der Waals surface area contributed by atoms with Gasteiger partial charge >= 0.3 is 0 Å². The van der Waals surface area contributed by atoms with E-state index in [1.165, 1.54) is 167 Å². The lowest BCUT2D eigenvalue weighted by atomic mass is 9.56. The van der Waals surface area contributed by atoms with Crippen LogP contribution in [0.1, 0.15) is 390 Å². The predicted molar refractivity (Wildman–Crippen MR) is 354 cm³/mol. The van der Waals surface area contributed by atoms with Gasteiger partial charge in [0.1, 0.15) is 0 Å². The maximum Gasteiger partial charge on any atom is 0.0311 e. The average molecular weight is 1090 g/mol. The molecule has 0 aromatic rings. The first-order chi connectivity index (χ1) is 36.6. The number of rotatable bonds is 6. The molecule has 0 nitrogen and oxygen atoms in total. The van der Waals surface area contributed by atoms with Gasteiger partial charge in [-0.05, 0) is 190 Å². The van der Waals surface area contributed by atoms with Gasteiger partial charge in [0.15, 0.2) is 0 Å². The molecule has 6 unspecified atom stereocenters. The van der Waals surface area contributed by atoms with Crippen molar-refractivity contribution in [3.63, 3.8) is 0 Å². The third-order valence-electron chi connectivity index (χ3n) is 23.1. The van der Waals surface area contributed by atoms with E-state index < -0.39 is 0 Å². The van der Waals surface area contributed by atoms with Gasteiger partial charge in [-0.25, -0.2) is 0 Å². The minimum atomic E-state index is -0.337. The zero-order valence-electron chi connectivity index (χ0n) is 65.6. The Balaban J connectivity index is 0.000000499. The highest BCUT2D eigenvalue weighted by atomic mass is 14.5. The van der Waals surface area contributed by atoms with E-state index in [1.807, 2.05) is 0 Å². The summed E-state index contributed by atoms with van der Waals surface area (Å²) >= 11 is 0. The Morgan fingerprint density at radius 1 is 0.260 bits per heavy atom. The van der Waals surface area contributed by atoms with Crippen LogP contribution in [0.25, 0.3) is 0 Å². The fourth-order valence-corrected chi connectivity index (χ4v) is 14.4. The van der Waals surface area contributed by atoms with Gasteiger partial charge in [-0.3, -0.25) is 0 Å². The van der Waals surface area contributed by atoms with Crippen molar-refractivity contribution < 1.29 is 8.22 Å². The minimum Gasteiger partial charge on any atom is -0.0617 e. The maximum atomic E-state index is 8.80. The van der Waals surface area contributed by atoms with E-state index in [-0.39, 0.29) is 84.1 Å². The van der Waals surface area contributed by atoms with Crippen LogP contribution in [0.15, 0.2) is 0 Å². The van der Waals surface area contributed by atoms with Gasteiger partial charge in [0.2, 0.25) is 0 Å². The van der Waals surface area contributed by atoms with Crippen LogP contribution in [0.3, 0.4) is 0 Å². The van der Waals surface area contributed by atoms with Crippen LogP contribution in [-0.2, 0) is 0 Å². The SMILES string of the molecule is [2H]C(C)(C(C)(C)C)C1(C)CCC(C)(C)CC1.[2H]C(C)(C(C)(C)C)C1(C)CCCC1.[2H]C(C)(C(C)(C)C)C1(C)CCCCC1.[2H]C(C)(C1CCC(C)(C)CC1)C(C)(C)C.[2H]C(C)(C1CCCC1)C(C)(C)C.[2H]C(C)(C1CCCCC1)C(C)(C)C. The first-order valence-electron chi connectivity index (χ1n) is 36.6. The molecular formula is C77H154. The third-order valence-corrected chi connectivity index (χ3v) is 23.1. The zero-order chi connectivity index (χ0) is 65.6. The summed E-state index contributed by atoms with van der Waals surface area (Å²) < 4.78 is 51.5. The van der Waals surface area contributed by atoms with E-state index in [1.54, 1.807) is 0 Å². The monoisotopic (exact) mass is 1090 g/mol. The largest absolute Gasteiger partial charge is 0.0617 e. The fraction of sp³-hybridized carbons (Fsp3) is 1.00. The molecular weight excluding hydrogens is 925 g/mol.